The maximum absolute atomic E-state index is 9.84. The maximum Gasteiger partial charge on any atom is 0.108 e. The van der Waals surface area contributed by atoms with Gasteiger partial charge in [-0.05, 0) is 32.9 Å². The standard InChI is InChI=1S/C12H17N3O/c1-12(2,3)15-8-11(16)10-5-4-9(6-13)7-14-10/h4-5,7,11,15-16H,8H2,1-3H3/t11-/m0/s1. The number of hydrogen-bond acceptors (Lipinski definition) is 4. The first-order chi connectivity index (χ1) is 7.42. The number of pyridine rings is 1. The molecule has 4 nitrogen and oxygen atoms in total. The zero-order valence-electron chi connectivity index (χ0n) is 9.86. The Kier molecular flexibility index (Phi) is 3.99. The fraction of sp³-hybridized carbons (Fsp3) is 0.500. The van der Waals surface area contributed by atoms with Gasteiger partial charge in [0.1, 0.15) is 12.2 Å². The van der Waals surface area contributed by atoms with E-state index < -0.39 is 6.10 Å². The van der Waals surface area contributed by atoms with Gasteiger partial charge in [-0.2, -0.15) is 5.26 Å². The summed E-state index contributed by atoms with van der Waals surface area (Å²) in [5, 5.41) is 21.6. The number of aliphatic hydroxyl groups excluding tert-OH is 1. The summed E-state index contributed by atoms with van der Waals surface area (Å²) in [7, 11) is 0. The van der Waals surface area contributed by atoms with Crippen LogP contribution in [0.15, 0.2) is 18.3 Å². The first-order valence-corrected chi connectivity index (χ1v) is 5.21. The third-order valence-corrected chi connectivity index (χ3v) is 2.08. The van der Waals surface area contributed by atoms with Crippen molar-refractivity contribution in [3.05, 3.63) is 29.6 Å². The summed E-state index contributed by atoms with van der Waals surface area (Å²) in [6.07, 6.45) is 0.822. The zero-order valence-corrected chi connectivity index (χ0v) is 9.86. The lowest BCUT2D eigenvalue weighted by molar-refractivity contribution is 0.159. The SMILES string of the molecule is CC(C)(C)NC[C@H](O)c1ccc(C#N)cn1. The number of nitriles is 1. The van der Waals surface area contributed by atoms with Gasteiger partial charge in [-0.1, -0.05) is 0 Å². The minimum atomic E-state index is -0.646. The molecule has 0 aliphatic rings. The summed E-state index contributed by atoms with van der Waals surface area (Å²) in [4.78, 5) is 4.04. The van der Waals surface area contributed by atoms with Crippen molar-refractivity contribution >= 4 is 0 Å². The summed E-state index contributed by atoms with van der Waals surface area (Å²) < 4.78 is 0. The Morgan fingerprint density at radius 3 is 2.62 bits per heavy atom. The van der Waals surface area contributed by atoms with Gasteiger partial charge in [0.05, 0.1) is 11.3 Å². The third-order valence-electron chi connectivity index (χ3n) is 2.08. The lowest BCUT2D eigenvalue weighted by Gasteiger charge is -2.22. The molecule has 0 spiro atoms. The van der Waals surface area contributed by atoms with Crippen LogP contribution >= 0.6 is 0 Å². The lowest BCUT2D eigenvalue weighted by Crippen LogP contribution is -2.38. The molecule has 1 aromatic rings. The Hall–Kier alpha value is -1.44. The lowest BCUT2D eigenvalue weighted by atomic mass is 10.1. The van der Waals surface area contributed by atoms with E-state index in [1.54, 1.807) is 12.1 Å². The van der Waals surface area contributed by atoms with Crippen LogP contribution < -0.4 is 5.32 Å². The summed E-state index contributed by atoms with van der Waals surface area (Å²) in [6, 6.07) is 5.32. The summed E-state index contributed by atoms with van der Waals surface area (Å²) in [5.41, 5.74) is 1.04. The highest BCUT2D eigenvalue weighted by molar-refractivity contribution is 5.26. The first kappa shape index (κ1) is 12.6. The molecule has 1 heterocycles. The van der Waals surface area contributed by atoms with Crippen LogP contribution in [0.1, 0.15) is 38.1 Å². The average Bonchev–Trinajstić information content (AvgIpc) is 2.25. The molecule has 0 aliphatic heterocycles. The molecule has 1 atom stereocenters. The van der Waals surface area contributed by atoms with Crippen molar-refractivity contribution in [3.63, 3.8) is 0 Å². The first-order valence-electron chi connectivity index (χ1n) is 5.21. The molecule has 0 bridgehead atoms. The van der Waals surface area contributed by atoms with Crippen LogP contribution in [0.25, 0.3) is 0 Å². The Bertz CT molecular complexity index is 373. The number of nitrogens with one attached hydrogen (secondary N) is 1. The van der Waals surface area contributed by atoms with Crippen LogP contribution in [0.5, 0.6) is 0 Å². The Morgan fingerprint density at radius 2 is 2.19 bits per heavy atom. The molecule has 0 saturated heterocycles. The zero-order chi connectivity index (χ0) is 12.2. The summed E-state index contributed by atoms with van der Waals surface area (Å²) in [6.45, 7) is 6.55. The molecule has 1 aromatic heterocycles. The molecule has 1 rings (SSSR count). The quantitative estimate of drug-likeness (QED) is 0.805. The van der Waals surface area contributed by atoms with E-state index in [-0.39, 0.29) is 5.54 Å². The Morgan fingerprint density at radius 1 is 1.50 bits per heavy atom. The second kappa shape index (κ2) is 5.06. The van der Waals surface area contributed by atoms with Crippen LogP contribution in [0.2, 0.25) is 0 Å². The molecule has 0 aromatic carbocycles. The number of aromatic nitrogens is 1. The molecule has 16 heavy (non-hydrogen) atoms. The number of β-amino-alcohol motifs (C(OH)–C–C–N with tert-alkyl or cyclic N) is 1. The largest absolute Gasteiger partial charge is 0.385 e. The third kappa shape index (κ3) is 3.97. The molecule has 0 amide bonds. The normalized spacial score (nSPS) is 13.2. The van der Waals surface area contributed by atoms with Crippen LogP contribution in [0.3, 0.4) is 0 Å². The van der Waals surface area contributed by atoms with E-state index in [0.29, 0.717) is 17.8 Å². The van der Waals surface area contributed by atoms with Crippen molar-refractivity contribution in [2.45, 2.75) is 32.4 Å². The van der Waals surface area contributed by atoms with Crippen molar-refractivity contribution in [1.82, 2.24) is 10.3 Å². The molecular weight excluding hydrogens is 202 g/mol. The molecular formula is C12H17N3O. The molecule has 0 saturated carbocycles. The topological polar surface area (TPSA) is 68.9 Å². The van der Waals surface area contributed by atoms with Crippen LogP contribution in [0, 0.1) is 11.3 Å². The number of nitrogens with zero attached hydrogens (tertiary/aromatic N) is 2. The molecule has 0 unspecified atom stereocenters. The fourth-order valence-electron chi connectivity index (χ4n) is 1.18. The molecule has 0 aliphatic carbocycles. The monoisotopic (exact) mass is 219 g/mol. The average molecular weight is 219 g/mol. The Balaban J connectivity index is 2.60. The van der Waals surface area contributed by atoms with Gasteiger partial charge < -0.3 is 10.4 Å². The maximum atomic E-state index is 9.84. The second-order valence-electron chi connectivity index (χ2n) is 4.73. The smallest absolute Gasteiger partial charge is 0.108 e. The van der Waals surface area contributed by atoms with Crippen molar-refractivity contribution in [1.29, 1.82) is 5.26 Å². The van der Waals surface area contributed by atoms with Crippen LogP contribution in [-0.4, -0.2) is 22.2 Å². The van der Waals surface area contributed by atoms with E-state index >= 15 is 0 Å². The van der Waals surface area contributed by atoms with E-state index in [1.165, 1.54) is 6.20 Å². The minimum absolute atomic E-state index is 0.0342. The molecule has 0 radical (unpaired) electrons. The molecule has 86 valence electrons. The predicted octanol–water partition coefficient (Wildman–Crippen LogP) is 1.37. The highest BCUT2D eigenvalue weighted by Crippen LogP contribution is 2.10. The van der Waals surface area contributed by atoms with Crippen LogP contribution in [-0.2, 0) is 0 Å². The highest BCUT2D eigenvalue weighted by Gasteiger charge is 2.14. The Labute approximate surface area is 95.9 Å². The molecule has 2 N–H and O–H groups in total. The van der Waals surface area contributed by atoms with Gasteiger partial charge in [-0.25, -0.2) is 0 Å². The van der Waals surface area contributed by atoms with Gasteiger partial charge in [0.15, 0.2) is 0 Å². The molecule has 0 fully saturated rings. The van der Waals surface area contributed by atoms with Gasteiger partial charge in [-0.15, -0.1) is 0 Å². The van der Waals surface area contributed by atoms with Gasteiger partial charge in [0.25, 0.3) is 0 Å². The van der Waals surface area contributed by atoms with Gasteiger partial charge in [0.2, 0.25) is 0 Å². The van der Waals surface area contributed by atoms with Gasteiger partial charge in [-0.3, -0.25) is 4.98 Å². The van der Waals surface area contributed by atoms with Crippen molar-refractivity contribution in [2.75, 3.05) is 6.54 Å². The van der Waals surface area contributed by atoms with Crippen molar-refractivity contribution in [3.8, 4) is 6.07 Å². The van der Waals surface area contributed by atoms with E-state index in [9.17, 15) is 5.11 Å². The second-order valence-corrected chi connectivity index (χ2v) is 4.73. The summed E-state index contributed by atoms with van der Waals surface area (Å²) >= 11 is 0. The van der Waals surface area contributed by atoms with E-state index in [0.717, 1.165) is 0 Å². The number of aliphatic hydroxyl groups is 1. The predicted molar refractivity (Wildman–Crippen MR) is 61.7 cm³/mol. The fourth-order valence-corrected chi connectivity index (χ4v) is 1.18. The van der Waals surface area contributed by atoms with Crippen molar-refractivity contribution < 1.29 is 5.11 Å². The number of rotatable bonds is 3. The molecule has 4 heteroatoms. The van der Waals surface area contributed by atoms with E-state index in [1.807, 2.05) is 26.8 Å². The van der Waals surface area contributed by atoms with Gasteiger partial charge >= 0.3 is 0 Å². The summed E-state index contributed by atoms with van der Waals surface area (Å²) in [5.74, 6) is 0. The highest BCUT2D eigenvalue weighted by atomic mass is 16.3. The van der Waals surface area contributed by atoms with Crippen molar-refractivity contribution in [2.24, 2.45) is 0 Å². The van der Waals surface area contributed by atoms with E-state index in [2.05, 4.69) is 10.3 Å². The minimum Gasteiger partial charge on any atom is -0.385 e. The van der Waals surface area contributed by atoms with Crippen LogP contribution in [0.4, 0.5) is 0 Å². The number of hydrogen-bond donors (Lipinski definition) is 2. The van der Waals surface area contributed by atoms with E-state index in [4.69, 9.17) is 5.26 Å². The van der Waals surface area contributed by atoms with Gasteiger partial charge in [0, 0.05) is 18.3 Å².